The molecule has 1 aliphatic heterocycles. The molecule has 0 bridgehead atoms. The fourth-order valence-electron chi connectivity index (χ4n) is 1.90. The Labute approximate surface area is 105 Å². The minimum atomic E-state index is -0.774. The van der Waals surface area contributed by atoms with Gasteiger partial charge in [-0.15, -0.1) is 11.8 Å². The molecule has 1 aromatic rings. The molecular formula is C11H17N3O2S. The second-order valence-electron chi connectivity index (χ2n) is 4.36. The number of aliphatic carboxylic acids is 1. The molecule has 17 heavy (non-hydrogen) atoms. The Kier molecular flexibility index (Phi) is 3.44. The van der Waals surface area contributed by atoms with Gasteiger partial charge in [0.05, 0.1) is 17.6 Å². The van der Waals surface area contributed by atoms with Gasteiger partial charge in [0.2, 0.25) is 0 Å². The van der Waals surface area contributed by atoms with Crippen LogP contribution in [0.1, 0.15) is 17.0 Å². The maximum absolute atomic E-state index is 10.8. The molecule has 2 N–H and O–H groups in total. The molecule has 2 rings (SSSR count). The first kappa shape index (κ1) is 12.4. The minimum Gasteiger partial charge on any atom is -0.480 e. The molecule has 6 heteroatoms. The number of rotatable bonds is 3. The number of aromatic nitrogens is 2. The molecule has 1 fully saturated rings. The van der Waals surface area contributed by atoms with Crippen LogP contribution < -0.4 is 5.32 Å². The van der Waals surface area contributed by atoms with Crippen molar-refractivity contribution in [2.45, 2.75) is 38.7 Å². The predicted octanol–water partition coefficient (Wildman–Crippen LogP) is 0.924. The average molecular weight is 255 g/mol. The van der Waals surface area contributed by atoms with Gasteiger partial charge in [-0.05, 0) is 26.3 Å². The van der Waals surface area contributed by atoms with E-state index >= 15 is 0 Å². The van der Waals surface area contributed by atoms with E-state index in [1.807, 2.05) is 18.5 Å². The van der Waals surface area contributed by atoms with Gasteiger partial charge in [0, 0.05) is 11.4 Å². The van der Waals surface area contributed by atoms with Gasteiger partial charge in [-0.25, -0.2) is 0 Å². The van der Waals surface area contributed by atoms with Crippen molar-refractivity contribution >= 4 is 17.7 Å². The monoisotopic (exact) mass is 255 g/mol. The molecule has 0 radical (unpaired) electrons. The van der Waals surface area contributed by atoms with E-state index in [0.717, 1.165) is 17.9 Å². The van der Waals surface area contributed by atoms with Crippen LogP contribution in [-0.2, 0) is 11.3 Å². The van der Waals surface area contributed by atoms with E-state index in [4.69, 9.17) is 5.11 Å². The molecule has 0 spiro atoms. The molecule has 1 saturated heterocycles. The molecule has 1 aromatic heterocycles. The van der Waals surface area contributed by atoms with Crippen molar-refractivity contribution in [3.8, 4) is 0 Å². The van der Waals surface area contributed by atoms with Crippen molar-refractivity contribution in [1.29, 1.82) is 0 Å². The van der Waals surface area contributed by atoms with Crippen molar-refractivity contribution in [2.24, 2.45) is 0 Å². The van der Waals surface area contributed by atoms with Crippen LogP contribution in [0.5, 0.6) is 0 Å². The Morgan fingerprint density at radius 2 is 2.29 bits per heavy atom. The number of thioether (sulfide) groups is 1. The summed E-state index contributed by atoms with van der Waals surface area (Å²) in [6.45, 7) is 6.82. The van der Waals surface area contributed by atoms with E-state index in [-0.39, 0.29) is 5.37 Å². The Bertz CT molecular complexity index is 444. The average Bonchev–Trinajstić information content (AvgIpc) is 2.82. The summed E-state index contributed by atoms with van der Waals surface area (Å²) in [4.78, 5) is 10.8. The Morgan fingerprint density at radius 3 is 2.76 bits per heavy atom. The summed E-state index contributed by atoms with van der Waals surface area (Å²) in [5.74, 6) is -0.150. The molecule has 0 amide bonds. The number of carboxylic acids is 1. The zero-order valence-electron chi connectivity index (χ0n) is 10.2. The lowest BCUT2D eigenvalue weighted by atomic mass is 10.2. The third-order valence-corrected chi connectivity index (χ3v) is 4.44. The maximum Gasteiger partial charge on any atom is 0.321 e. The molecule has 1 aliphatic rings. The van der Waals surface area contributed by atoms with Crippen molar-refractivity contribution in [2.75, 3.05) is 5.75 Å². The molecule has 0 aromatic carbocycles. The summed E-state index contributed by atoms with van der Waals surface area (Å²) in [6, 6.07) is -0.428. The van der Waals surface area contributed by atoms with E-state index in [1.165, 1.54) is 5.56 Å². The van der Waals surface area contributed by atoms with Crippen LogP contribution in [0.3, 0.4) is 0 Å². The third-order valence-electron chi connectivity index (χ3n) is 3.23. The number of carbonyl (C=O) groups is 1. The fraction of sp³-hybridized carbons (Fsp3) is 0.636. The minimum absolute atomic E-state index is 0.133. The number of hydrogen-bond donors (Lipinski definition) is 2. The first-order chi connectivity index (χ1) is 7.99. The quantitative estimate of drug-likeness (QED) is 0.841. The lowest BCUT2D eigenvalue weighted by Crippen LogP contribution is -2.38. The van der Waals surface area contributed by atoms with Gasteiger partial charge in [0.25, 0.3) is 0 Å². The summed E-state index contributed by atoms with van der Waals surface area (Å²) in [5.41, 5.74) is 3.41. The highest BCUT2D eigenvalue weighted by molar-refractivity contribution is 8.00. The first-order valence-corrected chi connectivity index (χ1v) is 6.65. The molecule has 2 unspecified atom stereocenters. The highest BCUT2D eigenvalue weighted by Gasteiger charge is 2.29. The highest BCUT2D eigenvalue weighted by atomic mass is 32.2. The van der Waals surface area contributed by atoms with E-state index in [9.17, 15) is 4.79 Å². The van der Waals surface area contributed by atoms with Gasteiger partial charge in [-0.1, -0.05) is 0 Å². The Morgan fingerprint density at radius 1 is 1.59 bits per heavy atom. The number of aryl methyl sites for hydroxylation is 1. The maximum atomic E-state index is 10.8. The fourth-order valence-corrected chi connectivity index (χ4v) is 3.07. The van der Waals surface area contributed by atoms with Crippen molar-refractivity contribution < 1.29 is 9.90 Å². The second kappa shape index (κ2) is 4.70. The summed E-state index contributed by atoms with van der Waals surface area (Å²) < 4.78 is 1.96. The zero-order chi connectivity index (χ0) is 12.6. The van der Waals surface area contributed by atoms with Gasteiger partial charge in [0.1, 0.15) is 6.04 Å². The molecule has 0 aliphatic carbocycles. The molecule has 0 saturated carbocycles. The van der Waals surface area contributed by atoms with Gasteiger partial charge in [-0.2, -0.15) is 5.10 Å². The number of nitrogens with one attached hydrogen (secondary N) is 1. The summed E-state index contributed by atoms with van der Waals surface area (Å²) in [6.07, 6.45) is 0. The van der Waals surface area contributed by atoms with Crippen molar-refractivity contribution in [3.05, 3.63) is 17.0 Å². The van der Waals surface area contributed by atoms with E-state index < -0.39 is 12.0 Å². The summed E-state index contributed by atoms with van der Waals surface area (Å²) >= 11 is 1.64. The van der Waals surface area contributed by atoms with Gasteiger partial charge in [-0.3, -0.25) is 14.8 Å². The molecular weight excluding hydrogens is 238 g/mol. The van der Waals surface area contributed by atoms with Crippen LogP contribution in [0.15, 0.2) is 0 Å². The van der Waals surface area contributed by atoms with E-state index in [0.29, 0.717) is 5.75 Å². The van der Waals surface area contributed by atoms with Gasteiger partial charge >= 0.3 is 5.97 Å². The number of nitrogens with zero attached hydrogens (tertiary/aromatic N) is 2. The van der Waals surface area contributed by atoms with Crippen LogP contribution in [0.2, 0.25) is 0 Å². The number of hydrogen-bond acceptors (Lipinski definition) is 4. The van der Waals surface area contributed by atoms with E-state index in [1.54, 1.807) is 11.8 Å². The molecule has 2 atom stereocenters. The smallest absolute Gasteiger partial charge is 0.321 e. The highest BCUT2D eigenvalue weighted by Crippen LogP contribution is 2.21. The molecule has 5 nitrogen and oxygen atoms in total. The number of carboxylic acid groups (broad SMARTS) is 1. The third kappa shape index (κ3) is 2.47. The first-order valence-electron chi connectivity index (χ1n) is 5.60. The van der Waals surface area contributed by atoms with E-state index in [2.05, 4.69) is 17.3 Å². The largest absolute Gasteiger partial charge is 0.480 e. The predicted molar refractivity (Wildman–Crippen MR) is 67.2 cm³/mol. The van der Waals surface area contributed by atoms with Gasteiger partial charge < -0.3 is 5.11 Å². The standard InChI is InChI=1S/C11H17N3O2S/c1-6-7(2)13-14(8(6)3)4-10-12-9(5-17-10)11(15)16/h9-10,12H,4-5H2,1-3H3,(H,15,16). The normalized spacial score (nSPS) is 24.2. The lowest BCUT2D eigenvalue weighted by Gasteiger charge is -2.12. The molecule has 2 heterocycles. The van der Waals surface area contributed by atoms with Crippen molar-refractivity contribution in [1.82, 2.24) is 15.1 Å². The summed E-state index contributed by atoms with van der Waals surface area (Å²) in [7, 11) is 0. The second-order valence-corrected chi connectivity index (χ2v) is 5.59. The van der Waals surface area contributed by atoms with Crippen LogP contribution in [0.4, 0.5) is 0 Å². The molecule has 94 valence electrons. The Balaban J connectivity index is 2.03. The Hall–Kier alpha value is -1.01. The summed E-state index contributed by atoms with van der Waals surface area (Å²) in [5, 5.41) is 16.6. The SMILES string of the molecule is Cc1nn(CC2NC(C(=O)O)CS2)c(C)c1C. The van der Waals surface area contributed by atoms with Crippen LogP contribution >= 0.6 is 11.8 Å². The van der Waals surface area contributed by atoms with Crippen LogP contribution in [-0.4, -0.2) is 38.0 Å². The van der Waals surface area contributed by atoms with Crippen LogP contribution in [0, 0.1) is 20.8 Å². The van der Waals surface area contributed by atoms with Crippen molar-refractivity contribution in [3.63, 3.8) is 0 Å². The van der Waals surface area contributed by atoms with Gasteiger partial charge in [0.15, 0.2) is 0 Å². The lowest BCUT2D eigenvalue weighted by molar-refractivity contribution is -0.138. The zero-order valence-corrected chi connectivity index (χ0v) is 11.0. The topological polar surface area (TPSA) is 67.2 Å². The van der Waals surface area contributed by atoms with Crippen LogP contribution in [0.25, 0.3) is 0 Å².